The Morgan fingerprint density at radius 3 is 2.64 bits per heavy atom. The van der Waals surface area contributed by atoms with Gasteiger partial charge in [-0.2, -0.15) is 4.98 Å². The first-order valence-electron chi connectivity index (χ1n) is 6.67. The highest BCUT2D eigenvalue weighted by Gasteiger charge is 2.23. The van der Waals surface area contributed by atoms with E-state index in [1.165, 1.54) is 28.9 Å². The van der Waals surface area contributed by atoms with E-state index in [0.29, 0.717) is 5.82 Å². The van der Waals surface area contributed by atoms with Crippen LogP contribution in [0.15, 0.2) is 39.9 Å². The van der Waals surface area contributed by atoms with Crippen LogP contribution in [0.3, 0.4) is 0 Å². The van der Waals surface area contributed by atoms with E-state index in [0.717, 1.165) is 5.54 Å². The summed E-state index contributed by atoms with van der Waals surface area (Å²) in [4.78, 5) is 15.6. The number of urea groups is 1. The van der Waals surface area contributed by atoms with Crippen LogP contribution in [0.1, 0.15) is 5.82 Å². The number of aromatic nitrogens is 3. The zero-order valence-corrected chi connectivity index (χ0v) is 15.4. The Morgan fingerprint density at radius 2 is 2.04 bits per heavy atom. The Bertz CT molecular complexity index is 907. The van der Waals surface area contributed by atoms with Gasteiger partial charge in [0.1, 0.15) is 16.5 Å². The lowest BCUT2D eigenvalue weighted by molar-refractivity contribution is 0.256. The summed E-state index contributed by atoms with van der Waals surface area (Å²) in [6, 6.07) is 4.57. The van der Waals surface area contributed by atoms with Crippen molar-refractivity contribution in [1.82, 2.24) is 19.5 Å². The Labute approximate surface area is 153 Å². The number of hydrogen-bond donors (Lipinski definition) is 2. The molecule has 0 spiro atoms. The molecule has 9 nitrogen and oxygen atoms in total. The SMILES string of the molecule is Cc1nc(NC(=O)NS(=O)(=O)c2ccccc2O/C(Cl)=C/Cl)nn1C. The molecular weight excluding hydrogens is 393 g/mol. The lowest BCUT2D eigenvalue weighted by atomic mass is 10.3. The molecule has 0 unspecified atom stereocenters. The second kappa shape index (κ2) is 7.72. The predicted molar refractivity (Wildman–Crippen MR) is 91.9 cm³/mol. The number of anilines is 1. The topological polar surface area (TPSA) is 115 Å². The number of nitrogens with zero attached hydrogens (tertiary/aromatic N) is 3. The van der Waals surface area contributed by atoms with Gasteiger partial charge in [0.05, 0.1) is 5.54 Å². The Morgan fingerprint density at radius 1 is 1.36 bits per heavy atom. The number of halogens is 2. The summed E-state index contributed by atoms with van der Waals surface area (Å²) in [5.41, 5.74) is 0.931. The summed E-state index contributed by atoms with van der Waals surface area (Å²) in [5, 5.41) is 5.89. The second-order valence-electron chi connectivity index (χ2n) is 4.63. The molecule has 0 saturated heterocycles. The van der Waals surface area contributed by atoms with Crippen molar-refractivity contribution in [2.45, 2.75) is 11.8 Å². The lowest BCUT2D eigenvalue weighted by Gasteiger charge is -2.11. The van der Waals surface area contributed by atoms with E-state index >= 15 is 0 Å². The first kappa shape index (κ1) is 19.0. The van der Waals surface area contributed by atoms with Crippen LogP contribution in [-0.2, 0) is 17.1 Å². The minimum atomic E-state index is -4.25. The number of amides is 2. The average Bonchev–Trinajstić information content (AvgIpc) is 2.84. The standard InChI is InChI=1S/C13H13Cl2N5O4S/c1-8-16-12(18-20(8)2)17-13(21)19-25(22,23)10-6-4-3-5-9(10)24-11(15)7-14/h3-7H,1-2H3,(H2,17,18,19,21)/b11-7+. The monoisotopic (exact) mass is 405 g/mol. The summed E-state index contributed by atoms with van der Waals surface area (Å²) in [5.74, 6) is 0.404. The third kappa shape index (κ3) is 4.84. The van der Waals surface area contributed by atoms with E-state index in [1.54, 1.807) is 14.0 Å². The van der Waals surface area contributed by atoms with Crippen LogP contribution < -0.4 is 14.8 Å². The molecule has 0 bridgehead atoms. The third-order valence-electron chi connectivity index (χ3n) is 2.87. The lowest BCUT2D eigenvalue weighted by Crippen LogP contribution is -2.34. The van der Waals surface area contributed by atoms with Gasteiger partial charge in [-0.05, 0) is 30.7 Å². The summed E-state index contributed by atoms with van der Waals surface area (Å²) in [6.45, 7) is 1.68. The van der Waals surface area contributed by atoms with Crippen LogP contribution in [0, 0.1) is 6.92 Å². The number of nitrogens with one attached hydrogen (secondary N) is 2. The molecule has 0 radical (unpaired) electrons. The van der Waals surface area contributed by atoms with Crippen molar-refractivity contribution in [3.05, 3.63) is 40.8 Å². The number of aryl methyl sites for hydroxylation is 2. The third-order valence-corrected chi connectivity index (χ3v) is 4.73. The molecule has 1 heterocycles. The molecular formula is C13H13Cl2N5O4S. The molecule has 1 aromatic carbocycles. The molecule has 0 aliphatic heterocycles. The van der Waals surface area contributed by atoms with E-state index in [1.807, 2.05) is 4.72 Å². The van der Waals surface area contributed by atoms with E-state index in [2.05, 4.69) is 15.4 Å². The van der Waals surface area contributed by atoms with Crippen molar-refractivity contribution in [2.75, 3.05) is 5.32 Å². The zero-order chi connectivity index (χ0) is 18.6. The van der Waals surface area contributed by atoms with Gasteiger partial charge < -0.3 is 4.74 Å². The van der Waals surface area contributed by atoms with Gasteiger partial charge in [-0.25, -0.2) is 17.9 Å². The van der Waals surface area contributed by atoms with Crippen molar-refractivity contribution in [3.63, 3.8) is 0 Å². The van der Waals surface area contributed by atoms with E-state index in [9.17, 15) is 13.2 Å². The highest BCUT2D eigenvalue weighted by molar-refractivity contribution is 7.90. The molecule has 1 aromatic heterocycles. The maximum absolute atomic E-state index is 12.4. The van der Waals surface area contributed by atoms with Crippen LogP contribution in [-0.4, -0.2) is 29.2 Å². The van der Waals surface area contributed by atoms with Gasteiger partial charge in [0, 0.05) is 7.05 Å². The quantitative estimate of drug-likeness (QED) is 0.737. The molecule has 2 amide bonds. The van der Waals surface area contributed by atoms with Crippen LogP contribution in [0.2, 0.25) is 0 Å². The van der Waals surface area contributed by atoms with Crippen LogP contribution >= 0.6 is 23.2 Å². The van der Waals surface area contributed by atoms with Gasteiger partial charge in [-0.15, -0.1) is 5.10 Å². The first-order chi connectivity index (χ1) is 11.7. The second-order valence-corrected chi connectivity index (χ2v) is 6.87. The van der Waals surface area contributed by atoms with Crippen molar-refractivity contribution in [1.29, 1.82) is 0 Å². The van der Waals surface area contributed by atoms with Crippen molar-refractivity contribution in [3.8, 4) is 5.75 Å². The van der Waals surface area contributed by atoms with Crippen LogP contribution in [0.25, 0.3) is 0 Å². The Kier molecular flexibility index (Phi) is 5.88. The molecule has 0 saturated carbocycles. The van der Waals surface area contributed by atoms with Crippen molar-refractivity contribution in [2.24, 2.45) is 7.05 Å². The molecule has 25 heavy (non-hydrogen) atoms. The highest BCUT2D eigenvalue weighted by Crippen LogP contribution is 2.26. The van der Waals surface area contributed by atoms with Gasteiger partial charge in [0.15, 0.2) is 0 Å². The van der Waals surface area contributed by atoms with Crippen LogP contribution in [0.5, 0.6) is 5.75 Å². The Balaban J connectivity index is 2.20. The van der Waals surface area contributed by atoms with Gasteiger partial charge in [0.2, 0.25) is 11.2 Å². The molecule has 2 rings (SSSR count). The fourth-order valence-electron chi connectivity index (χ4n) is 1.70. The van der Waals surface area contributed by atoms with Gasteiger partial charge in [-0.3, -0.25) is 10.00 Å². The molecule has 2 N–H and O–H groups in total. The maximum atomic E-state index is 12.4. The van der Waals surface area contributed by atoms with E-state index in [4.69, 9.17) is 27.9 Å². The van der Waals surface area contributed by atoms with Gasteiger partial charge in [-0.1, -0.05) is 23.7 Å². The van der Waals surface area contributed by atoms with E-state index in [-0.39, 0.29) is 21.8 Å². The molecule has 134 valence electrons. The van der Waals surface area contributed by atoms with Crippen LogP contribution in [0.4, 0.5) is 10.7 Å². The van der Waals surface area contributed by atoms with E-state index < -0.39 is 16.1 Å². The molecule has 0 aliphatic rings. The number of benzene rings is 1. The smallest absolute Gasteiger partial charge is 0.335 e. The number of ether oxygens (including phenoxy) is 1. The molecule has 0 aliphatic carbocycles. The van der Waals surface area contributed by atoms with Gasteiger partial charge >= 0.3 is 6.03 Å². The molecule has 0 atom stereocenters. The fourth-order valence-corrected chi connectivity index (χ4v) is 2.87. The molecule has 0 fully saturated rings. The fraction of sp³-hybridized carbons (Fsp3) is 0.154. The zero-order valence-electron chi connectivity index (χ0n) is 13.0. The number of sulfonamides is 1. The Hall–Kier alpha value is -2.30. The summed E-state index contributed by atoms with van der Waals surface area (Å²) in [7, 11) is -2.62. The van der Waals surface area contributed by atoms with Crippen molar-refractivity contribution >= 4 is 45.2 Å². The number of carbonyl (C=O) groups is 1. The average molecular weight is 406 g/mol. The largest absolute Gasteiger partial charge is 0.443 e. The minimum Gasteiger partial charge on any atom is -0.443 e. The normalized spacial score (nSPS) is 11.9. The number of carbonyl (C=O) groups excluding carboxylic acids is 1. The molecule has 12 heteroatoms. The summed E-state index contributed by atoms with van der Waals surface area (Å²) in [6.07, 6.45) is 0. The number of para-hydroxylation sites is 1. The first-order valence-corrected chi connectivity index (χ1v) is 8.97. The minimum absolute atomic E-state index is 0.0367. The highest BCUT2D eigenvalue weighted by atomic mass is 35.5. The summed E-state index contributed by atoms with van der Waals surface area (Å²) >= 11 is 11.0. The molecule has 2 aromatic rings. The van der Waals surface area contributed by atoms with Crippen molar-refractivity contribution < 1.29 is 17.9 Å². The predicted octanol–water partition coefficient (Wildman–Crippen LogP) is 2.29. The van der Waals surface area contributed by atoms with Gasteiger partial charge in [0.25, 0.3) is 10.0 Å². The number of rotatable bonds is 5. The maximum Gasteiger partial charge on any atom is 0.335 e. The number of hydrogen-bond acceptors (Lipinski definition) is 6. The summed E-state index contributed by atoms with van der Waals surface area (Å²) < 4.78 is 33.2.